The second-order valence-corrected chi connectivity index (χ2v) is 5.27. The molecule has 0 saturated carbocycles. The Morgan fingerprint density at radius 2 is 2.15 bits per heavy atom. The zero-order valence-electron chi connectivity index (χ0n) is 10.4. The van der Waals surface area contributed by atoms with Crippen molar-refractivity contribution in [3.63, 3.8) is 0 Å². The Morgan fingerprint density at radius 1 is 1.40 bits per heavy atom. The van der Waals surface area contributed by atoms with Crippen LogP contribution < -0.4 is 15.8 Å². The van der Waals surface area contributed by atoms with E-state index in [0.29, 0.717) is 26.5 Å². The first-order valence-corrected chi connectivity index (χ1v) is 7.03. The predicted octanol–water partition coefficient (Wildman–Crippen LogP) is 2.84. The summed E-state index contributed by atoms with van der Waals surface area (Å²) in [5.41, 5.74) is 6.40. The van der Waals surface area contributed by atoms with Gasteiger partial charge in [0.2, 0.25) is 0 Å². The fourth-order valence-electron chi connectivity index (χ4n) is 1.56. The number of carbonyl (C=O) groups excluding carboxylic acids is 1. The molecule has 2 rings (SSSR count). The number of halogens is 2. The molecule has 2 aromatic rings. The van der Waals surface area contributed by atoms with Crippen molar-refractivity contribution in [2.24, 2.45) is 0 Å². The quantitative estimate of drug-likeness (QED) is 0.771. The molecule has 3 N–H and O–H groups in total. The van der Waals surface area contributed by atoms with E-state index >= 15 is 0 Å². The van der Waals surface area contributed by atoms with Gasteiger partial charge in [-0.1, -0.05) is 6.07 Å². The molecule has 0 bridgehead atoms. The number of methoxy groups -OCH3 is 1. The van der Waals surface area contributed by atoms with Gasteiger partial charge in [0.05, 0.1) is 13.3 Å². The third kappa shape index (κ3) is 3.07. The number of nitrogen functional groups attached to an aromatic ring is 1. The van der Waals surface area contributed by atoms with Crippen LogP contribution in [-0.2, 0) is 0 Å². The lowest BCUT2D eigenvalue weighted by molar-refractivity contribution is 0.102. The lowest BCUT2D eigenvalue weighted by Gasteiger charge is -2.11. The lowest BCUT2D eigenvalue weighted by atomic mass is 10.1. The fraction of sp³-hybridized carbons (Fsp3) is 0.0833. The van der Waals surface area contributed by atoms with Crippen molar-refractivity contribution >= 4 is 49.3 Å². The normalized spacial score (nSPS) is 10.2. The molecule has 8 heteroatoms. The van der Waals surface area contributed by atoms with Gasteiger partial charge in [-0.05, 0) is 44.0 Å². The molecular weight excluding hydrogens is 392 g/mol. The van der Waals surface area contributed by atoms with Gasteiger partial charge in [-0.15, -0.1) is 0 Å². The summed E-state index contributed by atoms with van der Waals surface area (Å²) in [5.74, 6) is 0.268. The van der Waals surface area contributed by atoms with E-state index in [9.17, 15) is 4.79 Å². The molecule has 104 valence electrons. The van der Waals surface area contributed by atoms with Crippen molar-refractivity contribution in [1.29, 1.82) is 0 Å². The second kappa shape index (κ2) is 6.19. The first-order chi connectivity index (χ1) is 9.52. The standard InChI is InChI=1S/C12H10Br2N4O2/c1-20-7-4-2-3-6(15)9(7)12(19)18-11-10(14)17-8(13)5-16-11/h2-5H,15H2,1H3,(H,16,18,19). The van der Waals surface area contributed by atoms with Gasteiger partial charge in [-0.3, -0.25) is 4.79 Å². The van der Waals surface area contributed by atoms with Crippen molar-refractivity contribution in [3.05, 3.63) is 39.2 Å². The molecule has 0 saturated heterocycles. The van der Waals surface area contributed by atoms with Gasteiger partial charge in [0.15, 0.2) is 5.82 Å². The number of rotatable bonds is 3. The van der Waals surface area contributed by atoms with E-state index in [1.54, 1.807) is 18.2 Å². The van der Waals surface area contributed by atoms with Crippen molar-refractivity contribution in [3.8, 4) is 5.75 Å². The van der Waals surface area contributed by atoms with E-state index in [-0.39, 0.29) is 5.56 Å². The van der Waals surface area contributed by atoms with Crippen LogP contribution in [0.5, 0.6) is 5.75 Å². The highest BCUT2D eigenvalue weighted by molar-refractivity contribution is 9.11. The van der Waals surface area contributed by atoms with Crippen LogP contribution in [0.15, 0.2) is 33.6 Å². The molecule has 0 fully saturated rings. The Kier molecular flexibility index (Phi) is 4.56. The Morgan fingerprint density at radius 3 is 2.80 bits per heavy atom. The average Bonchev–Trinajstić information content (AvgIpc) is 2.41. The molecule has 0 radical (unpaired) electrons. The Labute approximate surface area is 132 Å². The number of aromatic nitrogens is 2. The third-order valence-electron chi connectivity index (χ3n) is 2.44. The van der Waals surface area contributed by atoms with Gasteiger partial charge in [-0.25, -0.2) is 9.97 Å². The Balaban J connectivity index is 2.33. The molecule has 6 nitrogen and oxygen atoms in total. The lowest BCUT2D eigenvalue weighted by Crippen LogP contribution is -2.16. The van der Waals surface area contributed by atoms with Gasteiger partial charge in [0.1, 0.15) is 20.5 Å². The number of nitrogens with two attached hydrogens (primary N) is 1. The highest BCUT2D eigenvalue weighted by atomic mass is 79.9. The number of ether oxygens (including phenoxy) is 1. The first kappa shape index (κ1) is 14.7. The van der Waals surface area contributed by atoms with Crippen LogP contribution in [0.25, 0.3) is 0 Å². The summed E-state index contributed by atoms with van der Waals surface area (Å²) >= 11 is 6.41. The summed E-state index contributed by atoms with van der Waals surface area (Å²) in [7, 11) is 1.47. The number of amides is 1. The molecule has 0 atom stereocenters. The van der Waals surface area contributed by atoms with E-state index in [2.05, 4.69) is 47.1 Å². The molecule has 0 aliphatic rings. The molecule has 0 aliphatic heterocycles. The van der Waals surface area contributed by atoms with Crippen LogP contribution in [0.3, 0.4) is 0 Å². The first-order valence-electron chi connectivity index (χ1n) is 5.44. The summed E-state index contributed by atoms with van der Waals surface area (Å²) in [6, 6.07) is 4.99. The molecule has 1 amide bonds. The summed E-state index contributed by atoms with van der Waals surface area (Å²) < 4.78 is 6.10. The predicted molar refractivity (Wildman–Crippen MR) is 82.8 cm³/mol. The van der Waals surface area contributed by atoms with Crippen molar-refractivity contribution in [2.45, 2.75) is 0 Å². The molecule has 1 heterocycles. The van der Waals surface area contributed by atoms with E-state index in [4.69, 9.17) is 10.5 Å². The van der Waals surface area contributed by atoms with Crippen LogP contribution in [0.4, 0.5) is 11.5 Å². The highest BCUT2D eigenvalue weighted by Crippen LogP contribution is 2.26. The smallest absolute Gasteiger partial charge is 0.262 e. The molecular formula is C12H10Br2N4O2. The summed E-state index contributed by atoms with van der Waals surface area (Å²) in [6.45, 7) is 0. The van der Waals surface area contributed by atoms with Gasteiger partial charge in [0, 0.05) is 5.69 Å². The molecule has 0 aliphatic carbocycles. The largest absolute Gasteiger partial charge is 0.496 e. The van der Waals surface area contributed by atoms with Crippen LogP contribution in [0.2, 0.25) is 0 Å². The van der Waals surface area contributed by atoms with Crippen molar-refractivity contribution in [2.75, 3.05) is 18.2 Å². The number of benzene rings is 1. The van der Waals surface area contributed by atoms with Crippen LogP contribution in [0, 0.1) is 0 Å². The summed E-state index contributed by atoms with van der Waals surface area (Å²) in [5, 5.41) is 2.63. The molecule has 20 heavy (non-hydrogen) atoms. The van der Waals surface area contributed by atoms with Gasteiger partial charge in [0.25, 0.3) is 5.91 Å². The van der Waals surface area contributed by atoms with Crippen molar-refractivity contribution < 1.29 is 9.53 Å². The minimum atomic E-state index is -0.419. The number of nitrogens with one attached hydrogen (secondary N) is 1. The number of carbonyl (C=O) groups is 1. The highest BCUT2D eigenvalue weighted by Gasteiger charge is 2.17. The van der Waals surface area contributed by atoms with Crippen LogP contribution in [0.1, 0.15) is 10.4 Å². The Bertz CT molecular complexity index is 664. The molecule has 0 spiro atoms. The van der Waals surface area contributed by atoms with Gasteiger partial charge in [-0.2, -0.15) is 0 Å². The van der Waals surface area contributed by atoms with E-state index in [1.807, 2.05) is 0 Å². The maximum atomic E-state index is 12.3. The summed E-state index contributed by atoms with van der Waals surface area (Å²) in [4.78, 5) is 20.4. The number of nitrogens with zero attached hydrogens (tertiary/aromatic N) is 2. The second-order valence-electron chi connectivity index (χ2n) is 3.71. The van der Waals surface area contributed by atoms with Crippen molar-refractivity contribution in [1.82, 2.24) is 9.97 Å². The zero-order chi connectivity index (χ0) is 14.7. The van der Waals surface area contributed by atoms with Gasteiger partial charge >= 0.3 is 0 Å². The minimum absolute atomic E-state index is 0.256. The SMILES string of the molecule is COc1cccc(N)c1C(=O)Nc1ncc(Br)nc1Br. The van der Waals surface area contributed by atoms with Crippen LogP contribution in [-0.4, -0.2) is 23.0 Å². The van der Waals surface area contributed by atoms with E-state index < -0.39 is 5.91 Å². The number of anilines is 2. The molecule has 0 unspecified atom stereocenters. The van der Waals surface area contributed by atoms with E-state index in [1.165, 1.54) is 13.3 Å². The zero-order valence-corrected chi connectivity index (χ0v) is 13.5. The van der Waals surface area contributed by atoms with E-state index in [0.717, 1.165) is 0 Å². The van der Waals surface area contributed by atoms with Gasteiger partial charge < -0.3 is 15.8 Å². The Hall–Kier alpha value is -1.67. The average molecular weight is 402 g/mol. The number of hydrogen-bond donors (Lipinski definition) is 2. The maximum absolute atomic E-state index is 12.3. The molecule has 1 aromatic carbocycles. The monoisotopic (exact) mass is 400 g/mol. The maximum Gasteiger partial charge on any atom is 0.262 e. The molecule has 1 aromatic heterocycles. The van der Waals surface area contributed by atoms with Crippen LogP contribution >= 0.6 is 31.9 Å². The minimum Gasteiger partial charge on any atom is -0.496 e. The number of hydrogen-bond acceptors (Lipinski definition) is 5. The summed E-state index contributed by atoms with van der Waals surface area (Å²) in [6.07, 6.45) is 1.48. The topological polar surface area (TPSA) is 90.1 Å². The third-order valence-corrected chi connectivity index (χ3v) is 3.37. The fourth-order valence-corrected chi connectivity index (χ4v) is 2.47.